The van der Waals surface area contributed by atoms with Crippen molar-refractivity contribution in [2.75, 3.05) is 18.5 Å². The number of anilines is 1. The number of nitrogens with zero attached hydrogens (tertiary/aromatic N) is 1. The Morgan fingerprint density at radius 1 is 1.33 bits per heavy atom. The first-order valence-electron chi connectivity index (χ1n) is 11.1. The number of carbonyl (C=O) groups is 4. The highest BCUT2D eigenvalue weighted by Gasteiger charge is 2.55. The number of urea groups is 1. The largest absolute Gasteiger partial charge is 0.462 e. The predicted molar refractivity (Wildman–Crippen MR) is 122 cm³/mol. The van der Waals surface area contributed by atoms with E-state index in [4.69, 9.17) is 9.15 Å². The van der Waals surface area contributed by atoms with Crippen LogP contribution < -0.4 is 10.6 Å². The molecular formula is C23H27N3O6S. The van der Waals surface area contributed by atoms with Crippen molar-refractivity contribution in [1.29, 1.82) is 0 Å². The van der Waals surface area contributed by atoms with E-state index >= 15 is 0 Å². The van der Waals surface area contributed by atoms with Crippen LogP contribution in [0.25, 0.3) is 11.3 Å². The average molecular weight is 474 g/mol. The van der Waals surface area contributed by atoms with Crippen LogP contribution in [0.1, 0.15) is 55.6 Å². The Kier molecular flexibility index (Phi) is 6.29. The number of aryl methyl sites for hydroxylation is 1. The molecule has 1 saturated heterocycles. The fourth-order valence-corrected chi connectivity index (χ4v) is 5.52. The SMILES string of the molecule is CCOC(=O)c1c(-c2ccc(C)o2)csc1NC(=O)CN1C(=O)N[C@@]2(CCCC[C@@H]2C)C1=O. The van der Waals surface area contributed by atoms with E-state index in [9.17, 15) is 19.2 Å². The highest BCUT2D eigenvalue weighted by Crippen LogP contribution is 2.39. The van der Waals surface area contributed by atoms with Gasteiger partial charge in [0, 0.05) is 10.9 Å². The molecule has 1 saturated carbocycles. The second kappa shape index (κ2) is 9.01. The molecule has 10 heteroatoms. The van der Waals surface area contributed by atoms with E-state index in [2.05, 4.69) is 10.6 Å². The number of esters is 1. The molecule has 33 heavy (non-hydrogen) atoms. The Morgan fingerprint density at radius 3 is 2.79 bits per heavy atom. The topological polar surface area (TPSA) is 118 Å². The summed E-state index contributed by atoms with van der Waals surface area (Å²) in [6.07, 6.45) is 3.28. The molecule has 1 spiro atoms. The molecule has 2 aliphatic rings. The van der Waals surface area contributed by atoms with Crippen molar-refractivity contribution in [3.8, 4) is 11.3 Å². The van der Waals surface area contributed by atoms with Gasteiger partial charge in [0.15, 0.2) is 0 Å². The molecule has 0 bridgehead atoms. The molecule has 2 fully saturated rings. The maximum absolute atomic E-state index is 13.1. The fourth-order valence-electron chi connectivity index (χ4n) is 4.57. The molecular weight excluding hydrogens is 446 g/mol. The molecule has 4 amide bonds. The summed E-state index contributed by atoms with van der Waals surface area (Å²) in [5.74, 6) is -0.367. The van der Waals surface area contributed by atoms with Gasteiger partial charge in [0.1, 0.15) is 34.2 Å². The van der Waals surface area contributed by atoms with E-state index in [0.717, 1.165) is 35.5 Å². The van der Waals surface area contributed by atoms with E-state index < -0.39 is 30.0 Å². The van der Waals surface area contributed by atoms with Crippen molar-refractivity contribution < 1.29 is 28.3 Å². The minimum Gasteiger partial charge on any atom is -0.462 e. The van der Waals surface area contributed by atoms with Crippen LogP contribution in [0.15, 0.2) is 21.9 Å². The lowest BCUT2D eigenvalue weighted by molar-refractivity contribution is -0.136. The van der Waals surface area contributed by atoms with Crippen molar-refractivity contribution in [2.24, 2.45) is 5.92 Å². The van der Waals surface area contributed by atoms with Crippen LogP contribution in [0, 0.1) is 12.8 Å². The van der Waals surface area contributed by atoms with Crippen LogP contribution in [-0.2, 0) is 14.3 Å². The molecule has 2 atom stereocenters. The Bertz CT molecular complexity index is 1110. The van der Waals surface area contributed by atoms with Crippen LogP contribution >= 0.6 is 11.3 Å². The summed E-state index contributed by atoms with van der Waals surface area (Å²) < 4.78 is 10.8. The Balaban J connectivity index is 1.54. The lowest BCUT2D eigenvalue weighted by Crippen LogP contribution is -2.54. The minimum absolute atomic E-state index is 0.00258. The maximum Gasteiger partial charge on any atom is 0.341 e. The normalized spacial score (nSPS) is 22.5. The van der Waals surface area contributed by atoms with E-state index in [-0.39, 0.29) is 29.0 Å². The van der Waals surface area contributed by atoms with Gasteiger partial charge in [-0.25, -0.2) is 9.59 Å². The van der Waals surface area contributed by atoms with Gasteiger partial charge in [-0.1, -0.05) is 19.8 Å². The zero-order valence-electron chi connectivity index (χ0n) is 18.9. The minimum atomic E-state index is -0.932. The second-order valence-electron chi connectivity index (χ2n) is 8.47. The van der Waals surface area contributed by atoms with Gasteiger partial charge >= 0.3 is 12.0 Å². The van der Waals surface area contributed by atoms with Gasteiger partial charge in [0.05, 0.1) is 6.61 Å². The molecule has 4 rings (SSSR count). The number of thiophene rings is 1. The number of hydrogen-bond donors (Lipinski definition) is 2. The molecule has 3 heterocycles. The molecule has 2 aromatic rings. The number of imide groups is 1. The summed E-state index contributed by atoms with van der Waals surface area (Å²) in [4.78, 5) is 52.2. The number of ether oxygens (including phenoxy) is 1. The van der Waals surface area contributed by atoms with Crippen LogP contribution in [0.2, 0.25) is 0 Å². The van der Waals surface area contributed by atoms with E-state index in [1.54, 1.807) is 31.4 Å². The van der Waals surface area contributed by atoms with Crippen molar-refractivity contribution in [3.63, 3.8) is 0 Å². The number of furan rings is 1. The predicted octanol–water partition coefficient (Wildman–Crippen LogP) is 3.93. The van der Waals surface area contributed by atoms with Crippen LogP contribution in [0.5, 0.6) is 0 Å². The molecule has 0 radical (unpaired) electrons. The first-order chi connectivity index (χ1) is 15.8. The van der Waals surface area contributed by atoms with Crippen molar-refractivity contribution in [2.45, 2.75) is 52.0 Å². The zero-order valence-corrected chi connectivity index (χ0v) is 19.7. The molecule has 0 unspecified atom stereocenters. The van der Waals surface area contributed by atoms with Gasteiger partial charge in [-0.15, -0.1) is 11.3 Å². The van der Waals surface area contributed by atoms with Crippen LogP contribution in [-0.4, -0.2) is 47.4 Å². The first kappa shape index (κ1) is 23.0. The molecule has 2 aromatic heterocycles. The quantitative estimate of drug-likeness (QED) is 0.485. The molecule has 1 aliphatic carbocycles. The summed E-state index contributed by atoms with van der Waals surface area (Å²) in [7, 11) is 0. The van der Waals surface area contributed by atoms with Gasteiger partial charge in [0.25, 0.3) is 5.91 Å². The van der Waals surface area contributed by atoms with Crippen molar-refractivity contribution in [3.05, 3.63) is 28.8 Å². The fraction of sp³-hybridized carbons (Fsp3) is 0.478. The second-order valence-corrected chi connectivity index (χ2v) is 9.35. The first-order valence-corrected chi connectivity index (χ1v) is 11.9. The monoisotopic (exact) mass is 473 g/mol. The molecule has 9 nitrogen and oxygen atoms in total. The lowest BCUT2D eigenvalue weighted by atomic mass is 9.73. The van der Waals surface area contributed by atoms with Crippen molar-refractivity contribution >= 4 is 40.2 Å². The van der Waals surface area contributed by atoms with Gasteiger partial charge in [-0.2, -0.15) is 0 Å². The highest BCUT2D eigenvalue weighted by molar-refractivity contribution is 7.15. The third-order valence-corrected chi connectivity index (χ3v) is 7.23. The molecule has 0 aromatic carbocycles. The zero-order chi connectivity index (χ0) is 23.8. The van der Waals surface area contributed by atoms with E-state index in [0.29, 0.717) is 23.5 Å². The molecule has 2 N–H and O–H groups in total. The molecule has 176 valence electrons. The standard InChI is InChI=1S/C23H27N3O6S/c1-4-31-20(28)18-15(16-9-8-14(3)32-16)12-33-19(18)24-17(27)11-26-21(29)23(25-22(26)30)10-6-5-7-13(23)2/h8-9,12-13H,4-7,10-11H2,1-3H3,(H,24,27)(H,25,30)/t13-,23+/m0/s1. The van der Waals surface area contributed by atoms with E-state index in [1.165, 1.54) is 0 Å². The number of amides is 4. The summed E-state index contributed by atoms with van der Waals surface area (Å²) in [6.45, 7) is 5.17. The van der Waals surface area contributed by atoms with Gasteiger partial charge < -0.3 is 19.8 Å². The molecule has 1 aliphatic heterocycles. The van der Waals surface area contributed by atoms with Gasteiger partial charge in [-0.3, -0.25) is 14.5 Å². The number of nitrogens with one attached hydrogen (secondary N) is 2. The third-order valence-electron chi connectivity index (χ3n) is 6.33. The van der Waals surface area contributed by atoms with Crippen LogP contribution in [0.3, 0.4) is 0 Å². The third kappa shape index (κ3) is 4.15. The van der Waals surface area contributed by atoms with Gasteiger partial charge in [0.2, 0.25) is 5.91 Å². The van der Waals surface area contributed by atoms with Gasteiger partial charge in [-0.05, 0) is 44.7 Å². The summed E-state index contributed by atoms with van der Waals surface area (Å²) >= 11 is 1.15. The Hall–Kier alpha value is -3.14. The van der Waals surface area contributed by atoms with E-state index in [1.807, 2.05) is 6.92 Å². The Labute approximate surface area is 195 Å². The number of carbonyl (C=O) groups excluding carboxylic acids is 4. The summed E-state index contributed by atoms with van der Waals surface area (Å²) in [5.41, 5.74) is -0.246. The summed E-state index contributed by atoms with van der Waals surface area (Å²) in [5, 5.41) is 7.49. The maximum atomic E-state index is 13.1. The summed E-state index contributed by atoms with van der Waals surface area (Å²) in [6, 6.07) is 2.95. The number of rotatable bonds is 6. The Morgan fingerprint density at radius 2 is 2.12 bits per heavy atom. The highest BCUT2D eigenvalue weighted by atomic mass is 32.1. The smallest absolute Gasteiger partial charge is 0.341 e. The van der Waals surface area contributed by atoms with Crippen molar-refractivity contribution in [1.82, 2.24) is 10.2 Å². The van der Waals surface area contributed by atoms with Crippen LogP contribution in [0.4, 0.5) is 9.80 Å². The lowest BCUT2D eigenvalue weighted by Gasteiger charge is -2.36. The number of hydrogen-bond acceptors (Lipinski definition) is 7. The average Bonchev–Trinajstić information content (AvgIpc) is 3.44.